The third-order valence-electron chi connectivity index (χ3n) is 3.67. The predicted octanol–water partition coefficient (Wildman–Crippen LogP) is 2.43. The molecule has 0 heterocycles. The third kappa shape index (κ3) is 14.9. The number of nitrogens with one attached hydrogen (secondary N) is 2. The lowest BCUT2D eigenvalue weighted by molar-refractivity contribution is -0.127. The third-order valence-corrected chi connectivity index (χ3v) is 3.67. The summed E-state index contributed by atoms with van der Waals surface area (Å²) in [5.74, 6) is 0.555. The van der Waals surface area contributed by atoms with Crippen LogP contribution in [0.3, 0.4) is 0 Å². The van der Waals surface area contributed by atoms with Crippen molar-refractivity contribution in [1.29, 1.82) is 0 Å². The topological polar surface area (TPSA) is 75.2 Å². The number of carbonyl (C=O) groups excluding carboxylic acids is 1. The Morgan fingerprint density at radius 2 is 1.79 bits per heavy atom. The van der Waals surface area contributed by atoms with Gasteiger partial charge in [-0.2, -0.15) is 0 Å². The number of rotatable bonds is 13. The van der Waals surface area contributed by atoms with E-state index in [0.717, 1.165) is 17.6 Å². The van der Waals surface area contributed by atoms with Gasteiger partial charge in [0.25, 0.3) is 0 Å². The first-order valence-electron chi connectivity index (χ1n) is 9.55. The van der Waals surface area contributed by atoms with Crippen molar-refractivity contribution in [3.8, 4) is 0 Å². The molecule has 0 aliphatic carbocycles. The van der Waals surface area contributed by atoms with Gasteiger partial charge in [0.15, 0.2) is 5.96 Å². The lowest BCUT2D eigenvalue weighted by Crippen LogP contribution is -2.40. The van der Waals surface area contributed by atoms with Gasteiger partial charge in [-0.15, -0.1) is 24.0 Å². The van der Waals surface area contributed by atoms with Gasteiger partial charge in [0.05, 0.1) is 19.8 Å². The molecule has 0 atom stereocenters. The Balaban J connectivity index is 0.00000784. The van der Waals surface area contributed by atoms with Crippen LogP contribution in [-0.2, 0) is 20.9 Å². The standard InChI is InChI=1S/C21H34N4O3.HI/c1-18(2)15-23-21(24-16-20(26)25(3)4)22-11-8-12-27-13-14-28-17-19-9-6-5-7-10-19;/h5-7,9-10H,1,8,11-17H2,2-4H3,(H2,22,23,24);1H. The Morgan fingerprint density at radius 3 is 2.45 bits per heavy atom. The van der Waals surface area contributed by atoms with Crippen LogP contribution in [-0.4, -0.2) is 70.3 Å². The van der Waals surface area contributed by atoms with Crippen molar-refractivity contribution in [2.24, 2.45) is 4.99 Å². The Kier molecular flexibility index (Phi) is 16.2. The predicted molar refractivity (Wildman–Crippen MR) is 129 cm³/mol. The Bertz CT molecular complexity index is 609. The van der Waals surface area contributed by atoms with Crippen LogP contribution in [0.5, 0.6) is 0 Å². The first kappa shape index (κ1) is 27.4. The van der Waals surface area contributed by atoms with Gasteiger partial charge in [-0.3, -0.25) is 4.79 Å². The van der Waals surface area contributed by atoms with Gasteiger partial charge in [-0.1, -0.05) is 42.5 Å². The highest BCUT2D eigenvalue weighted by molar-refractivity contribution is 14.0. The summed E-state index contributed by atoms with van der Waals surface area (Å²) in [5, 5.41) is 6.36. The van der Waals surface area contributed by atoms with E-state index in [1.165, 1.54) is 4.90 Å². The van der Waals surface area contributed by atoms with E-state index in [4.69, 9.17) is 9.47 Å². The lowest BCUT2D eigenvalue weighted by Gasteiger charge is -2.14. The van der Waals surface area contributed by atoms with Crippen molar-refractivity contribution >= 4 is 35.8 Å². The van der Waals surface area contributed by atoms with Crippen LogP contribution in [0.4, 0.5) is 0 Å². The van der Waals surface area contributed by atoms with Crippen molar-refractivity contribution in [3.63, 3.8) is 0 Å². The normalized spacial score (nSPS) is 10.8. The molecule has 7 nitrogen and oxygen atoms in total. The summed E-state index contributed by atoms with van der Waals surface area (Å²) in [6.45, 7) is 9.58. The minimum absolute atomic E-state index is 0. The zero-order valence-corrected chi connectivity index (χ0v) is 20.1. The van der Waals surface area contributed by atoms with E-state index in [0.29, 0.717) is 45.5 Å². The molecule has 1 aromatic carbocycles. The van der Waals surface area contributed by atoms with Gasteiger partial charge >= 0.3 is 0 Å². The van der Waals surface area contributed by atoms with Crippen LogP contribution >= 0.6 is 24.0 Å². The highest BCUT2D eigenvalue weighted by atomic mass is 127. The average molecular weight is 518 g/mol. The largest absolute Gasteiger partial charge is 0.379 e. The molecule has 164 valence electrons. The quantitative estimate of drug-likeness (QED) is 0.138. The molecular weight excluding hydrogens is 483 g/mol. The van der Waals surface area contributed by atoms with E-state index in [2.05, 4.69) is 22.2 Å². The monoisotopic (exact) mass is 518 g/mol. The van der Waals surface area contributed by atoms with Crippen LogP contribution in [0.1, 0.15) is 18.9 Å². The van der Waals surface area contributed by atoms with E-state index in [1.807, 2.05) is 37.3 Å². The van der Waals surface area contributed by atoms with Gasteiger partial charge in [-0.25, -0.2) is 4.99 Å². The number of hydrogen-bond donors (Lipinski definition) is 2. The fourth-order valence-corrected chi connectivity index (χ4v) is 2.06. The molecule has 2 N–H and O–H groups in total. The number of carbonyl (C=O) groups is 1. The SMILES string of the molecule is C=C(C)CNC(=NCC(=O)N(C)C)NCCCOCCOCc1ccccc1.I. The highest BCUT2D eigenvalue weighted by Crippen LogP contribution is 2.00. The summed E-state index contributed by atoms with van der Waals surface area (Å²) in [6.07, 6.45) is 0.827. The molecule has 0 fully saturated rings. The fourth-order valence-electron chi connectivity index (χ4n) is 2.06. The van der Waals surface area contributed by atoms with Crippen molar-refractivity contribution < 1.29 is 14.3 Å². The second-order valence-corrected chi connectivity index (χ2v) is 6.69. The molecule has 0 aromatic heterocycles. The molecule has 0 saturated heterocycles. The number of ether oxygens (including phenoxy) is 2. The van der Waals surface area contributed by atoms with Gasteiger partial charge < -0.3 is 25.0 Å². The number of halogens is 1. The minimum Gasteiger partial charge on any atom is -0.379 e. The van der Waals surface area contributed by atoms with Crippen LogP contribution in [0.15, 0.2) is 47.5 Å². The van der Waals surface area contributed by atoms with Crippen molar-refractivity contribution in [2.45, 2.75) is 20.0 Å². The number of hydrogen-bond acceptors (Lipinski definition) is 4. The maximum atomic E-state index is 11.7. The first-order chi connectivity index (χ1) is 13.5. The average Bonchev–Trinajstić information content (AvgIpc) is 2.68. The van der Waals surface area contributed by atoms with Crippen LogP contribution in [0.2, 0.25) is 0 Å². The van der Waals surface area contributed by atoms with Gasteiger partial charge in [0.2, 0.25) is 5.91 Å². The Morgan fingerprint density at radius 1 is 1.10 bits per heavy atom. The molecule has 1 aromatic rings. The van der Waals surface area contributed by atoms with Gasteiger partial charge in [-0.05, 0) is 18.9 Å². The van der Waals surface area contributed by atoms with E-state index >= 15 is 0 Å². The van der Waals surface area contributed by atoms with Crippen LogP contribution in [0.25, 0.3) is 0 Å². The zero-order valence-electron chi connectivity index (χ0n) is 17.8. The molecular formula is C21H35IN4O3. The molecule has 0 saturated carbocycles. The maximum Gasteiger partial charge on any atom is 0.243 e. The number of aliphatic imine (C=N–C) groups is 1. The molecule has 1 amide bonds. The molecule has 8 heteroatoms. The summed E-state index contributed by atoms with van der Waals surface area (Å²) in [4.78, 5) is 17.5. The molecule has 0 aliphatic rings. The number of likely N-dealkylation sites (N-methyl/N-ethyl adjacent to an activating group) is 1. The number of amides is 1. The molecule has 0 radical (unpaired) electrons. The molecule has 0 unspecified atom stereocenters. The molecule has 0 bridgehead atoms. The number of guanidine groups is 1. The minimum atomic E-state index is -0.0461. The first-order valence-corrected chi connectivity index (χ1v) is 9.55. The van der Waals surface area contributed by atoms with Crippen molar-refractivity contribution in [1.82, 2.24) is 15.5 Å². The second-order valence-electron chi connectivity index (χ2n) is 6.69. The summed E-state index contributed by atoms with van der Waals surface area (Å²) >= 11 is 0. The zero-order chi connectivity index (χ0) is 20.6. The highest BCUT2D eigenvalue weighted by Gasteiger charge is 2.04. The molecule has 0 aliphatic heterocycles. The smallest absolute Gasteiger partial charge is 0.243 e. The van der Waals surface area contributed by atoms with Crippen molar-refractivity contribution in [3.05, 3.63) is 48.0 Å². The second kappa shape index (κ2) is 17.2. The molecule has 0 spiro atoms. The van der Waals surface area contributed by atoms with Crippen LogP contribution in [0, 0.1) is 0 Å². The van der Waals surface area contributed by atoms with Gasteiger partial charge in [0, 0.05) is 33.8 Å². The summed E-state index contributed by atoms with van der Waals surface area (Å²) < 4.78 is 11.2. The number of nitrogens with zero attached hydrogens (tertiary/aromatic N) is 2. The van der Waals surface area contributed by atoms with Crippen molar-refractivity contribution in [2.75, 3.05) is 53.6 Å². The van der Waals surface area contributed by atoms with E-state index < -0.39 is 0 Å². The van der Waals surface area contributed by atoms with E-state index in [9.17, 15) is 4.79 Å². The lowest BCUT2D eigenvalue weighted by atomic mass is 10.2. The molecule has 29 heavy (non-hydrogen) atoms. The summed E-state index contributed by atoms with van der Waals surface area (Å²) in [5.41, 5.74) is 2.15. The van der Waals surface area contributed by atoms with E-state index in [-0.39, 0.29) is 36.4 Å². The Hall–Kier alpha value is -1.65. The van der Waals surface area contributed by atoms with Crippen LogP contribution < -0.4 is 10.6 Å². The van der Waals surface area contributed by atoms with E-state index in [1.54, 1.807) is 14.1 Å². The fraction of sp³-hybridized carbons (Fsp3) is 0.524. The molecule has 1 rings (SSSR count). The van der Waals surface area contributed by atoms with Gasteiger partial charge in [0.1, 0.15) is 6.54 Å². The summed E-state index contributed by atoms with van der Waals surface area (Å²) in [6, 6.07) is 10.1. The Labute approximate surface area is 192 Å². The number of benzene rings is 1. The maximum absolute atomic E-state index is 11.7. The summed E-state index contributed by atoms with van der Waals surface area (Å²) in [7, 11) is 3.43.